The number of benzene rings is 6. The molecule has 290 valence electrons. The second-order valence-electron chi connectivity index (χ2n) is 11.7. The molecule has 0 unspecified atom stereocenters. The van der Waals surface area contributed by atoms with Gasteiger partial charge in [-0.15, -0.1) is 10.2 Å². The number of phenols is 2. The first-order valence-corrected chi connectivity index (χ1v) is 18.6. The minimum atomic E-state index is -5.16. The Hall–Kier alpha value is -5.53. The van der Waals surface area contributed by atoms with E-state index >= 15 is 0 Å². The zero-order valence-electron chi connectivity index (χ0n) is 30.4. The van der Waals surface area contributed by atoms with Gasteiger partial charge >= 0.3 is 5.97 Å². The number of carbonyl (C=O) groups is 1. The number of nitro benzene ring substituents is 1. The van der Waals surface area contributed by atoms with Crippen LogP contribution in [-0.2, 0) is 20.2 Å². The summed E-state index contributed by atoms with van der Waals surface area (Å²) in [5.41, 5.74) is 5.82. The molecule has 6 rings (SSSR count). The number of non-ortho nitro benzene ring substituents is 1. The molecule has 6 aromatic carbocycles. The van der Waals surface area contributed by atoms with Crippen LogP contribution in [0.5, 0.6) is 11.5 Å². The van der Waals surface area contributed by atoms with Crippen molar-refractivity contribution >= 4 is 142 Å². The summed E-state index contributed by atoms with van der Waals surface area (Å²) in [7, 11) is -10.3. The summed E-state index contributed by atoms with van der Waals surface area (Å²) in [4.78, 5) is 19.6. The molecule has 20 nitrogen and oxygen atoms in total. The van der Waals surface area contributed by atoms with Crippen molar-refractivity contribution in [1.82, 2.24) is 0 Å². The topological polar surface area (TPSA) is 330 Å². The number of phenolic OH excluding ortho intramolecular Hbond substituents is 1. The van der Waals surface area contributed by atoms with Crippen LogP contribution in [0.3, 0.4) is 0 Å². The van der Waals surface area contributed by atoms with Gasteiger partial charge in [0.15, 0.2) is 5.75 Å². The number of carboxylic acid groups (broad SMARTS) is 1. The largest absolute Gasteiger partial charge is 0.507 e. The van der Waals surface area contributed by atoms with Gasteiger partial charge in [-0.1, -0.05) is 24.3 Å². The van der Waals surface area contributed by atoms with E-state index in [1.54, 1.807) is 36.4 Å². The summed E-state index contributed by atoms with van der Waals surface area (Å²) in [6, 6.07) is 22.9. The van der Waals surface area contributed by atoms with Gasteiger partial charge in [0.25, 0.3) is 25.9 Å². The number of nitrogen functional groups attached to an aromatic ring is 1. The maximum absolute atomic E-state index is 12.4. The van der Waals surface area contributed by atoms with Crippen molar-refractivity contribution in [2.75, 3.05) is 5.73 Å². The first kappa shape index (κ1) is 46.2. The van der Waals surface area contributed by atoms with E-state index in [2.05, 4.69) is 30.7 Å². The van der Waals surface area contributed by atoms with Crippen molar-refractivity contribution in [2.24, 2.45) is 30.7 Å². The zero-order chi connectivity index (χ0) is 41.2. The molecule has 0 atom stereocenters. The summed E-state index contributed by atoms with van der Waals surface area (Å²) in [6.45, 7) is 0. The average molecular weight is 859 g/mol. The van der Waals surface area contributed by atoms with Crippen LogP contribution in [0, 0.1) is 10.1 Å². The van der Waals surface area contributed by atoms with E-state index in [0.717, 1.165) is 29.8 Å². The second kappa shape index (κ2) is 18.6. The standard InChI is InChI=1S/C35H24N8O12S2.2Na/c36-31-30-20(15-28(56(50,51)52)32(31)41-38-23-9-12-25(13-10-23)43(48)49)16-29(57(53,54)55)33(34(30)45)42-39-22-7-3-19(4-8-22)18-1-5-21(6-2-18)37-40-24-11-14-27(44)26(17-24)35(46)47;;/h1-17,44-45H,36H2,(H,46,47)(H,50,51,52)(H,53,54,55);;. The molecule has 0 amide bonds. The van der Waals surface area contributed by atoms with Crippen molar-refractivity contribution in [2.45, 2.75) is 9.79 Å². The van der Waals surface area contributed by atoms with Gasteiger partial charge in [0.05, 0.1) is 38.7 Å². The Kier molecular flexibility index (Phi) is 14.5. The molecule has 0 fully saturated rings. The summed E-state index contributed by atoms with van der Waals surface area (Å²) < 4.78 is 69.5. The van der Waals surface area contributed by atoms with Crippen LogP contribution in [0.2, 0.25) is 0 Å². The monoisotopic (exact) mass is 858 g/mol. The van der Waals surface area contributed by atoms with Crippen molar-refractivity contribution in [3.8, 4) is 22.6 Å². The van der Waals surface area contributed by atoms with Crippen molar-refractivity contribution in [3.05, 3.63) is 119 Å². The van der Waals surface area contributed by atoms with E-state index in [1.165, 1.54) is 42.5 Å². The Morgan fingerprint density at radius 3 is 1.47 bits per heavy atom. The van der Waals surface area contributed by atoms with Gasteiger partial charge in [0, 0.05) is 71.2 Å². The molecule has 24 heteroatoms. The molecule has 7 N–H and O–H groups in total. The quantitative estimate of drug-likeness (QED) is 0.0179. The summed E-state index contributed by atoms with van der Waals surface area (Å²) >= 11 is 0. The molecular formula is C35H24N8Na2O12S2. The molecule has 0 aliphatic heterocycles. The molecule has 0 spiro atoms. The third-order valence-electron chi connectivity index (χ3n) is 8.02. The number of aromatic carboxylic acids is 1. The van der Waals surface area contributed by atoms with Crippen LogP contribution < -0.4 is 5.73 Å². The molecule has 59 heavy (non-hydrogen) atoms. The fourth-order valence-electron chi connectivity index (χ4n) is 5.27. The first-order valence-electron chi connectivity index (χ1n) is 15.7. The molecule has 6 aromatic rings. The Labute approximate surface area is 377 Å². The van der Waals surface area contributed by atoms with Gasteiger partial charge in [-0.2, -0.15) is 37.3 Å². The van der Waals surface area contributed by atoms with E-state index < -0.39 is 74.9 Å². The third kappa shape index (κ3) is 10.6. The molecule has 0 saturated heterocycles. The second-order valence-corrected chi connectivity index (χ2v) is 14.5. The van der Waals surface area contributed by atoms with Crippen LogP contribution in [0.1, 0.15) is 10.4 Å². The van der Waals surface area contributed by atoms with Crippen LogP contribution >= 0.6 is 0 Å². The number of rotatable bonds is 11. The number of aromatic hydroxyl groups is 2. The Morgan fingerprint density at radius 1 is 0.610 bits per heavy atom. The average Bonchev–Trinajstić information content (AvgIpc) is 3.16. The fraction of sp³-hybridized carbons (Fsp3) is 0. The van der Waals surface area contributed by atoms with E-state index in [9.17, 15) is 56.2 Å². The summed E-state index contributed by atoms with van der Waals surface area (Å²) in [5, 5.41) is 63.9. The van der Waals surface area contributed by atoms with Gasteiger partial charge in [-0.25, -0.2) is 4.79 Å². The number of fused-ring (bicyclic) bond motifs is 1. The zero-order valence-corrected chi connectivity index (χ0v) is 36.1. The van der Waals surface area contributed by atoms with E-state index in [0.29, 0.717) is 11.3 Å². The Bertz CT molecular complexity index is 2930. The van der Waals surface area contributed by atoms with Crippen LogP contribution in [0.25, 0.3) is 21.9 Å². The normalized spacial score (nSPS) is 11.8. The van der Waals surface area contributed by atoms with Crippen LogP contribution in [0.15, 0.2) is 144 Å². The van der Waals surface area contributed by atoms with Gasteiger partial charge < -0.3 is 21.1 Å². The summed E-state index contributed by atoms with van der Waals surface area (Å²) in [5.74, 6) is -2.69. The number of hydrogen-bond acceptors (Lipinski definition) is 16. The first-order chi connectivity index (χ1) is 26.9. The molecule has 0 saturated carbocycles. The Balaban J connectivity index is 0.00000384. The molecule has 0 bridgehead atoms. The van der Waals surface area contributed by atoms with Gasteiger partial charge in [0.2, 0.25) is 0 Å². The number of hydrogen-bond donors (Lipinski definition) is 6. The minimum absolute atomic E-state index is 0. The van der Waals surface area contributed by atoms with Gasteiger partial charge in [-0.05, 0) is 83.2 Å². The van der Waals surface area contributed by atoms with E-state index in [-0.39, 0.29) is 92.8 Å². The number of carboxylic acids is 1. The third-order valence-corrected chi connectivity index (χ3v) is 9.75. The maximum Gasteiger partial charge on any atom is 0.339 e. The van der Waals surface area contributed by atoms with Crippen molar-refractivity contribution in [3.63, 3.8) is 0 Å². The molecular weight excluding hydrogens is 835 g/mol. The summed E-state index contributed by atoms with van der Waals surface area (Å²) in [6.07, 6.45) is 0. The molecule has 0 aromatic heterocycles. The smallest absolute Gasteiger partial charge is 0.339 e. The number of azo groups is 3. The number of anilines is 1. The van der Waals surface area contributed by atoms with Crippen LogP contribution in [-0.4, -0.2) is 111 Å². The fourth-order valence-corrected chi connectivity index (χ4v) is 6.60. The van der Waals surface area contributed by atoms with Crippen molar-refractivity contribution in [1.29, 1.82) is 0 Å². The molecule has 2 radical (unpaired) electrons. The number of nitro groups is 1. The van der Waals surface area contributed by atoms with E-state index in [1.807, 2.05) is 0 Å². The Morgan fingerprint density at radius 2 is 1.02 bits per heavy atom. The minimum Gasteiger partial charge on any atom is -0.507 e. The van der Waals surface area contributed by atoms with Crippen molar-refractivity contribution < 1.29 is 51.0 Å². The SMILES string of the molecule is Nc1c(N=Nc2ccc([N+](=O)[O-])cc2)c(S(=O)(=O)O)cc2cc(S(=O)(=O)O)c(N=Nc3ccc(-c4ccc(N=Nc5ccc(O)c(C(=O)O)c5)cc4)cc3)c(O)c12.[Na].[Na]. The number of nitrogens with two attached hydrogens (primary N) is 1. The predicted octanol–water partition coefficient (Wildman–Crippen LogP) is 8.08. The van der Waals surface area contributed by atoms with E-state index in [4.69, 9.17) is 5.73 Å². The number of nitrogens with zero attached hydrogens (tertiary/aromatic N) is 7. The molecule has 0 aliphatic rings. The predicted molar refractivity (Wildman–Crippen MR) is 214 cm³/mol. The van der Waals surface area contributed by atoms with Crippen LogP contribution in [0.4, 0.5) is 45.5 Å². The maximum atomic E-state index is 12.4. The molecule has 0 heterocycles. The van der Waals surface area contributed by atoms with Gasteiger partial charge in [0.1, 0.15) is 32.5 Å². The molecule has 0 aliphatic carbocycles. The van der Waals surface area contributed by atoms with Gasteiger partial charge in [-0.3, -0.25) is 19.2 Å².